The highest BCUT2D eigenvalue weighted by atomic mass is 32.1. The Kier molecular flexibility index (Phi) is 3.71. The van der Waals surface area contributed by atoms with Gasteiger partial charge >= 0.3 is 0 Å². The summed E-state index contributed by atoms with van der Waals surface area (Å²) in [6, 6.07) is 5.02. The minimum Gasteiger partial charge on any atom is -0.397 e. The standard InChI is InChI=1S/C13H16N4OS/c1-8-16-10(7-19-8)6-17(2)12-5-9(13(15)18)3-4-11(12)14/h3-5,7H,6,14H2,1-2H3,(H2,15,18). The van der Waals surface area contributed by atoms with Gasteiger partial charge < -0.3 is 16.4 Å². The molecule has 0 atom stereocenters. The molecule has 0 saturated heterocycles. The number of carbonyl (C=O) groups is 1. The molecule has 0 aliphatic rings. The summed E-state index contributed by atoms with van der Waals surface area (Å²) in [5.41, 5.74) is 14.0. The van der Waals surface area contributed by atoms with E-state index in [1.807, 2.05) is 24.3 Å². The van der Waals surface area contributed by atoms with Crippen LogP contribution in [0, 0.1) is 6.92 Å². The number of carbonyl (C=O) groups excluding carboxylic acids is 1. The molecule has 6 heteroatoms. The van der Waals surface area contributed by atoms with E-state index in [4.69, 9.17) is 11.5 Å². The first-order valence-electron chi connectivity index (χ1n) is 5.79. The number of anilines is 2. The Morgan fingerprint density at radius 1 is 1.47 bits per heavy atom. The lowest BCUT2D eigenvalue weighted by atomic mass is 10.1. The predicted molar refractivity (Wildman–Crippen MR) is 78.3 cm³/mol. The minimum absolute atomic E-state index is 0.450. The van der Waals surface area contributed by atoms with Crippen LogP contribution >= 0.6 is 11.3 Å². The fourth-order valence-corrected chi connectivity index (χ4v) is 2.44. The van der Waals surface area contributed by atoms with Gasteiger partial charge in [0.1, 0.15) is 0 Å². The summed E-state index contributed by atoms with van der Waals surface area (Å²) in [6.45, 7) is 2.60. The van der Waals surface area contributed by atoms with Crippen molar-refractivity contribution in [1.29, 1.82) is 0 Å². The van der Waals surface area contributed by atoms with Crippen LogP contribution in [-0.4, -0.2) is 17.9 Å². The van der Waals surface area contributed by atoms with Crippen LogP contribution in [0.2, 0.25) is 0 Å². The van der Waals surface area contributed by atoms with Gasteiger partial charge in [0.05, 0.1) is 28.6 Å². The van der Waals surface area contributed by atoms with Gasteiger partial charge in [-0.1, -0.05) is 0 Å². The molecule has 0 saturated carbocycles. The zero-order valence-electron chi connectivity index (χ0n) is 10.9. The third-order valence-corrected chi connectivity index (χ3v) is 3.61. The Hall–Kier alpha value is -2.08. The van der Waals surface area contributed by atoms with Gasteiger partial charge in [-0.2, -0.15) is 0 Å². The summed E-state index contributed by atoms with van der Waals surface area (Å²) in [4.78, 5) is 17.6. The number of amides is 1. The van der Waals surface area contributed by atoms with Gasteiger partial charge in [0.25, 0.3) is 0 Å². The topological polar surface area (TPSA) is 85.2 Å². The van der Waals surface area contributed by atoms with Crippen molar-refractivity contribution in [3.63, 3.8) is 0 Å². The van der Waals surface area contributed by atoms with E-state index >= 15 is 0 Å². The van der Waals surface area contributed by atoms with Gasteiger partial charge in [-0.15, -0.1) is 11.3 Å². The van der Waals surface area contributed by atoms with Crippen LogP contribution in [-0.2, 0) is 6.54 Å². The highest BCUT2D eigenvalue weighted by molar-refractivity contribution is 7.09. The highest BCUT2D eigenvalue weighted by Crippen LogP contribution is 2.25. The Bertz CT molecular complexity index is 608. The fourth-order valence-electron chi connectivity index (χ4n) is 1.84. The molecule has 1 aromatic carbocycles. The first-order chi connectivity index (χ1) is 8.97. The van der Waals surface area contributed by atoms with E-state index in [1.165, 1.54) is 0 Å². The number of hydrogen-bond donors (Lipinski definition) is 2. The molecular weight excluding hydrogens is 260 g/mol. The number of primary amides is 1. The number of aromatic nitrogens is 1. The quantitative estimate of drug-likeness (QED) is 0.833. The molecule has 1 aromatic heterocycles. The molecule has 0 aliphatic carbocycles. The fraction of sp³-hybridized carbons (Fsp3) is 0.231. The van der Waals surface area contributed by atoms with Crippen LogP contribution in [0.15, 0.2) is 23.6 Å². The molecule has 1 amide bonds. The molecule has 19 heavy (non-hydrogen) atoms. The van der Waals surface area contributed by atoms with Crippen LogP contribution < -0.4 is 16.4 Å². The number of nitrogen functional groups attached to an aromatic ring is 1. The van der Waals surface area contributed by atoms with Crippen molar-refractivity contribution in [3.05, 3.63) is 39.8 Å². The second-order valence-electron chi connectivity index (χ2n) is 4.35. The molecule has 0 bridgehead atoms. The summed E-state index contributed by atoms with van der Waals surface area (Å²) in [6.07, 6.45) is 0. The zero-order chi connectivity index (χ0) is 14.0. The van der Waals surface area contributed by atoms with E-state index in [-0.39, 0.29) is 0 Å². The van der Waals surface area contributed by atoms with Gasteiger partial charge in [0.2, 0.25) is 5.91 Å². The predicted octanol–water partition coefficient (Wildman–Crippen LogP) is 1.77. The molecule has 0 radical (unpaired) electrons. The van der Waals surface area contributed by atoms with Gasteiger partial charge in [-0.05, 0) is 25.1 Å². The molecule has 2 rings (SSSR count). The average molecular weight is 276 g/mol. The van der Waals surface area contributed by atoms with Gasteiger partial charge in [-0.3, -0.25) is 4.79 Å². The molecule has 100 valence electrons. The molecule has 2 aromatic rings. The van der Waals surface area contributed by atoms with Crippen molar-refractivity contribution in [1.82, 2.24) is 4.98 Å². The minimum atomic E-state index is -0.459. The number of aryl methyl sites for hydroxylation is 1. The molecular formula is C13H16N4OS. The van der Waals surface area contributed by atoms with Gasteiger partial charge in [-0.25, -0.2) is 4.98 Å². The lowest BCUT2D eigenvalue weighted by Crippen LogP contribution is -2.19. The van der Waals surface area contributed by atoms with E-state index in [2.05, 4.69) is 4.98 Å². The maximum atomic E-state index is 11.2. The van der Waals surface area contributed by atoms with Crippen LogP contribution in [0.5, 0.6) is 0 Å². The van der Waals surface area contributed by atoms with Crippen molar-refractivity contribution in [2.24, 2.45) is 5.73 Å². The largest absolute Gasteiger partial charge is 0.397 e. The number of hydrogen-bond acceptors (Lipinski definition) is 5. The number of nitrogens with zero attached hydrogens (tertiary/aromatic N) is 2. The summed E-state index contributed by atoms with van der Waals surface area (Å²) in [5, 5.41) is 3.04. The number of benzene rings is 1. The SMILES string of the molecule is Cc1nc(CN(C)c2cc(C(N)=O)ccc2N)cs1. The maximum Gasteiger partial charge on any atom is 0.248 e. The van der Waals surface area contributed by atoms with Crippen LogP contribution in [0.3, 0.4) is 0 Å². The lowest BCUT2D eigenvalue weighted by Gasteiger charge is -2.20. The van der Waals surface area contributed by atoms with Crippen molar-refractivity contribution < 1.29 is 4.79 Å². The first kappa shape index (κ1) is 13.4. The number of thiazole rings is 1. The Morgan fingerprint density at radius 3 is 2.79 bits per heavy atom. The molecule has 4 N–H and O–H groups in total. The Balaban J connectivity index is 2.25. The molecule has 0 fully saturated rings. The molecule has 0 spiro atoms. The smallest absolute Gasteiger partial charge is 0.248 e. The van der Waals surface area contributed by atoms with Crippen LogP contribution in [0.4, 0.5) is 11.4 Å². The summed E-state index contributed by atoms with van der Waals surface area (Å²) in [7, 11) is 1.91. The zero-order valence-corrected chi connectivity index (χ0v) is 11.7. The average Bonchev–Trinajstić information content (AvgIpc) is 2.74. The summed E-state index contributed by atoms with van der Waals surface area (Å²) < 4.78 is 0. The highest BCUT2D eigenvalue weighted by Gasteiger charge is 2.10. The summed E-state index contributed by atoms with van der Waals surface area (Å²) in [5.74, 6) is -0.459. The van der Waals surface area contributed by atoms with Crippen LogP contribution in [0.1, 0.15) is 21.1 Å². The van der Waals surface area contributed by atoms with Gasteiger partial charge in [0, 0.05) is 18.0 Å². The van der Waals surface area contributed by atoms with Crippen LogP contribution in [0.25, 0.3) is 0 Å². The molecule has 1 heterocycles. The number of rotatable bonds is 4. The van der Waals surface area contributed by atoms with Gasteiger partial charge in [0.15, 0.2) is 0 Å². The second-order valence-corrected chi connectivity index (χ2v) is 5.41. The van der Waals surface area contributed by atoms with Crippen molar-refractivity contribution >= 4 is 28.6 Å². The first-order valence-corrected chi connectivity index (χ1v) is 6.67. The Labute approximate surface area is 115 Å². The van der Waals surface area contributed by atoms with Crippen molar-refractivity contribution in [2.45, 2.75) is 13.5 Å². The van der Waals surface area contributed by atoms with E-state index in [0.717, 1.165) is 16.4 Å². The second kappa shape index (κ2) is 5.27. The van der Waals surface area contributed by atoms with Crippen molar-refractivity contribution in [3.8, 4) is 0 Å². The van der Waals surface area contributed by atoms with Crippen molar-refractivity contribution in [2.75, 3.05) is 17.7 Å². The molecule has 0 aliphatic heterocycles. The van der Waals surface area contributed by atoms with E-state index in [0.29, 0.717) is 17.8 Å². The normalized spacial score (nSPS) is 10.4. The molecule has 5 nitrogen and oxygen atoms in total. The van der Waals surface area contributed by atoms with E-state index in [9.17, 15) is 4.79 Å². The third kappa shape index (κ3) is 3.03. The van der Waals surface area contributed by atoms with E-state index < -0.39 is 5.91 Å². The number of nitrogens with two attached hydrogens (primary N) is 2. The van der Waals surface area contributed by atoms with E-state index in [1.54, 1.807) is 29.5 Å². The Morgan fingerprint density at radius 2 is 2.21 bits per heavy atom. The summed E-state index contributed by atoms with van der Waals surface area (Å²) >= 11 is 1.61. The third-order valence-electron chi connectivity index (χ3n) is 2.79. The lowest BCUT2D eigenvalue weighted by molar-refractivity contribution is 0.100. The monoisotopic (exact) mass is 276 g/mol. The molecule has 0 unspecified atom stereocenters. The maximum absolute atomic E-state index is 11.2.